The molecule has 26 heavy (non-hydrogen) atoms. The van der Waals surface area contributed by atoms with Gasteiger partial charge < -0.3 is 9.47 Å². The summed E-state index contributed by atoms with van der Waals surface area (Å²) in [4.78, 5) is 4.64. The van der Waals surface area contributed by atoms with E-state index in [4.69, 9.17) is 9.47 Å². The fourth-order valence-electron chi connectivity index (χ4n) is 2.74. The molecule has 4 rings (SSSR count). The van der Waals surface area contributed by atoms with E-state index >= 15 is 0 Å². The average Bonchev–Trinajstić information content (AvgIpc) is 3.35. The number of nitriles is 1. The summed E-state index contributed by atoms with van der Waals surface area (Å²) < 4.78 is 10.8. The summed E-state index contributed by atoms with van der Waals surface area (Å²) in [6, 6.07) is 16.2. The van der Waals surface area contributed by atoms with E-state index in [2.05, 4.69) is 30.1 Å². The molecule has 4 nitrogen and oxygen atoms in total. The number of hydrogen-bond donors (Lipinski definition) is 0. The SMILES string of the molecule is CCc1ccc(C=C(C#N)c2nc(-c3ccc4c(c3)OCO4)cs2)cc1. The topological polar surface area (TPSA) is 55.1 Å². The molecule has 0 atom stereocenters. The Hall–Kier alpha value is -3.10. The summed E-state index contributed by atoms with van der Waals surface area (Å²) in [7, 11) is 0. The molecule has 2 aromatic carbocycles. The minimum atomic E-state index is 0.249. The minimum Gasteiger partial charge on any atom is -0.454 e. The number of ether oxygens (including phenoxy) is 2. The molecule has 0 spiro atoms. The Morgan fingerprint density at radius 1 is 1.19 bits per heavy atom. The van der Waals surface area contributed by atoms with Gasteiger partial charge in [0.1, 0.15) is 11.1 Å². The average molecular weight is 360 g/mol. The number of aryl methyl sites for hydroxylation is 1. The number of aromatic nitrogens is 1. The van der Waals surface area contributed by atoms with Gasteiger partial charge in [-0.15, -0.1) is 11.3 Å². The molecule has 0 N–H and O–H groups in total. The molecule has 0 saturated heterocycles. The van der Waals surface area contributed by atoms with Crippen LogP contribution in [0.1, 0.15) is 23.1 Å². The normalized spacial score (nSPS) is 12.8. The highest BCUT2D eigenvalue weighted by Gasteiger charge is 2.15. The Bertz CT molecular complexity index is 1010. The smallest absolute Gasteiger partial charge is 0.231 e. The summed E-state index contributed by atoms with van der Waals surface area (Å²) in [5, 5.41) is 12.2. The van der Waals surface area contributed by atoms with Crippen LogP contribution in [0.5, 0.6) is 11.5 Å². The lowest BCUT2D eigenvalue weighted by molar-refractivity contribution is 0.174. The summed E-state index contributed by atoms with van der Waals surface area (Å²) in [6.07, 6.45) is 2.88. The van der Waals surface area contributed by atoms with E-state index < -0.39 is 0 Å². The van der Waals surface area contributed by atoms with Crippen LogP contribution in [0.25, 0.3) is 22.9 Å². The van der Waals surface area contributed by atoms with Crippen LogP contribution in [0, 0.1) is 11.3 Å². The number of thiazole rings is 1. The van der Waals surface area contributed by atoms with Crippen LogP contribution < -0.4 is 9.47 Å². The van der Waals surface area contributed by atoms with Gasteiger partial charge in [0.05, 0.1) is 11.3 Å². The Morgan fingerprint density at radius 2 is 2.00 bits per heavy atom. The highest BCUT2D eigenvalue weighted by atomic mass is 32.1. The first-order valence-electron chi connectivity index (χ1n) is 8.33. The lowest BCUT2D eigenvalue weighted by atomic mass is 10.1. The van der Waals surface area contributed by atoms with Crippen molar-refractivity contribution in [2.24, 2.45) is 0 Å². The monoisotopic (exact) mass is 360 g/mol. The summed E-state index contributed by atoms with van der Waals surface area (Å²) >= 11 is 1.46. The molecule has 1 aromatic heterocycles. The molecule has 1 aliphatic rings. The van der Waals surface area contributed by atoms with E-state index in [-0.39, 0.29) is 6.79 Å². The largest absolute Gasteiger partial charge is 0.454 e. The molecule has 5 heteroatoms. The first-order valence-corrected chi connectivity index (χ1v) is 9.21. The van der Waals surface area contributed by atoms with Gasteiger partial charge in [0.2, 0.25) is 6.79 Å². The Labute approximate surface area is 156 Å². The van der Waals surface area contributed by atoms with Gasteiger partial charge in [-0.25, -0.2) is 4.98 Å². The van der Waals surface area contributed by atoms with Gasteiger partial charge in [0.25, 0.3) is 0 Å². The highest BCUT2D eigenvalue weighted by molar-refractivity contribution is 7.11. The third kappa shape index (κ3) is 3.19. The van der Waals surface area contributed by atoms with Crippen LogP contribution in [0.4, 0.5) is 0 Å². The van der Waals surface area contributed by atoms with E-state index in [0.29, 0.717) is 10.6 Å². The fraction of sp³-hybridized carbons (Fsp3) is 0.143. The van der Waals surface area contributed by atoms with Crippen molar-refractivity contribution in [2.45, 2.75) is 13.3 Å². The number of rotatable bonds is 4. The number of hydrogen-bond acceptors (Lipinski definition) is 5. The highest BCUT2D eigenvalue weighted by Crippen LogP contribution is 2.36. The van der Waals surface area contributed by atoms with Gasteiger partial charge in [-0.1, -0.05) is 31.2 Å². The van der Waals surface area contributed by atoms with Gasteiger partial charge in [-0.3, -0.25) is 0 Å². The molecule has 0 fully saturated rings. The second-order valence-electron chi connectivity index (χ2n) is 5.87. The Morgan fingerprint density at radius 3 is 2.77 bits per heavy atom. The van der Waals surface area contributed by atoms with E-state index in [0.717, 1.165) is 34.7 Å². The lowest BCUT2D eigenvalue weighted by Gasteiger charge is -2.00. The molecule has 2 heterocycles. The standard InChI is InChI=1S/C21H16N2O2S/c1-2-14-3-5-15(6-4-14)9-17(11-22)21-23-18(12-26-21)16-7-8-19-20(10-16)25-13-24-19/h3-10,12H,2,13H2,1H3. The predicted molar refractivity (Wildman–Crippen MR) is 103 cm³/mol. The summed E-state index contributed by atoms with van der Waals surface area (Å²) in [6.45, 7) is 2.37. The Balaban J connectivity index is 1.63. The van der Waals surface area contributed by atoms with E-state index in [1.54, 1.807) is 0 Å². The molecule has 0 amide bonds. The van der Waals surface area contributed by atoms with E-state index in [1.165, 1.54) is 16.9 Å². The van der Waals surface area contributed by atoms with Crippen molar-refractivity contribution in [3.05, 3.63) is 64.0 Å². The van der Waals surface area contributed by atoms with Crippen molar-refractivity contribution in [2.75, 3.05) is 6.79 Å². The van der Waals surface area contributed by atoms with Crippen molar-refractivity contribution in [1.82, 2.24) is 4.98 Å². The van der Waals surface area contributed by atoms with Crippen molar-refractivity contribution < 1.29 is 9.47 Å². The molecule has 1 aliphatic heterocycles. The van der Waals surface area contributed by atoms with Crippen LogP contribution in [0.3, 0.4) is 0 Å². The molecule has 0 bridgehead atoms. The zero-order chi connectivity index (χ0) is 17.9. The molecule has 3 aromatic rings. The molecule has 0 aliphatic carbocycles. The van der Waals surface area contributed by atoms with Crippen molar-refractivity contribution >= 4 is 23.0 Å². The number of allylic oxidation sites excluding steroid dienone is 1. The minimum absolute atomic E-state index is 0.249. The molecular formula is C21H16N2O2S. The second-order valence-corrected chi connectivity index (χ2v) is 6.73. The van der Waals surface area contributed by atoms with Crippen LogP contribution >= 0.6 is 11.3 Å². The Kier molecular flexibility index (Phi) is 4.42. The van der Waals surface area contributed by atoms with Crippen LogP contribution in [-0.4, -0.2) is 11.8 Å². The van der Waals surface area contributed by atoms with Gasteiger partial charge in [-0.2, -0.15) is 5.26 Å². The zero-order valence-electron chi connectivity index (χ0n) is 14.2. The first kappa shape index (κ1) is 16.4. The number of nitrogens with zero attached hydrogens (tertiary/aromatic N) is 2. The van der Waals surface area contributed by atoms with Gasteiger partial charge in [0, 0.05) is 10.9 Å². The van der Waals surface area contributed by atoms with E-state index in [9.17, 15) is 5.26 Å². The maximum Gasteiger partial charge on any atom is 0.231 e. The molecule has 0 saturated carbocycles. The lowest BCUT2D eigenvalue weighted by Crippen LogP contribution is -1.92. The molecule has 0 unspecified atom stereocenters. The number of benzene rings is 2. The van der Waals surface area contributed by atoms with Crippen molar-refractivity contribution in [3.63, 3.8) is 0 Å². The maximum absolute atomic E-state index is 9.56. The van der Waals surface area contributed by atoms with Crippen LogP contribution in [-0.2, 0) is 6.42 Å². The molecule has 0 radical (unpaired) electrons. The van der Waals surface area contributed by atoms with Crippen molar-refractivity contribution in [1.29, 1.82) is 5.26 Å². The number of fused-ring (bicyclic) bond motifs is 1. The van der Waals surface area contributed by atoms with Crippen LogP contribution in [0.2, 0.25) is 0 Å². The van der Waals surface area contributed by atoms with E-state index in [1.807, 2.05) is 41.8 Å². The third-order valence-corrected chi connectivity index (χ3v) is 5.10. The summed E-state index contributed by atoms with van der Waals surface area (Å²) in [5.74, 6) is 1.47. The van der Waals surface area contributed by atoms with Gasteiger partial charge in [-0.05, 0) is 41.8 Å². The van der Waals surface area contributed by atoms with Gasteiger partial charge in [0.15, 0.2) is 11.5 Å². The first-order chi connectivity index (χ1) is 12.8. The van der Waals surface area contributed by atoms with Crippen molar-refractivity contribution in [3.8, 4) is 28.8 Å². The quantitative estimate of drug-likeness (QED) is 0.603. The molecular weight excluding hydrogens is 344 g/mol. The van der Waals surface area contributed by atoms with Crippen LogP contribution in [0.15, 0.2) is 47.8 Å². The third-order valence-electron chi connectivity index (χ3n) is 4.22. The zero-order valence-corrected chi connectivity index (χ0v) is 15.0. The second kappa shape index (κ2) is 7.03. The molecule has 128 valence electrons. The van der Waals surface area contributed by atoms with Gasteiger partial charge >= 0.3 is 0 Å². The maximum atomic E-state index is 9.56. The predicted octanol–water partition coefficient (Wildman–Crippen LogP) is 5.17. The fourth-order valence-corrected chi connectivity index (χ4v) is 3.54. The summed E-state index contributed by atoms with van der Waals surface area (Å²) in [5.41, 5.74) is 4.61.